The Morgan fingerprint density at radius 1 is 0.398 bits per heavy atom. The van der Waals surface area contributed by atoms with Gasteiger partial charge in [-0.05, 0) is 97.4 Å². The van der Waals surface area contributed by atoms with E-state index in [-0.39, 0.29) is 11.5 Å². The van der Waals surface area contributed by atoms with Gasteiger partial charge in [-0.3, -0.25) is 4.79 Å². The molecule has 0 saturated carbocycles. The summed E-state index contributed by atoms with van der Waals surface area (Å²) in [4.78, 5) is 21.3. The molecular formula is C83H115BF2N2O5. The van der Waals surface area contributed by atoms with Crippen molar-refractivity contribution in [2.24, 2.45) is 0 Å². The fourth-order valence-corrected chi connectivity index (χ4v) is 14.8. The van der Waals surface area contributed by atoms with Crippen LogP contribution in [0.5, 0.6) is 17.2 Å². The summed E-state index contributed by atoms with van der Waals surface area (Å²) < 4.78 is 55.0. The molecule has 93 heavy (non-hydrogen) atoms. The predicted octanol–water partition coefficient (Wildman–Crippen LogP) is 27.0. The van der Waals surface area contributed by atoms with Gasteiger partial charge in [-0.15, -0.1) is 0 Å². The molecule has 0 aliphatic rings. The molecule has 0 saturated heterocycles. The molecule has 10 heteroatoms. The highest BCUT2D eigenvalue weighted by atomic mass is 19.2. The van der Waals surface area contributed by atoms with Gasteiger partial charge >= 0.3 is 7.47 Å². The number of nitrogens with one attached hydrogen (secondary N) is 2. The number of hydrogen-bond acceptors (Lipinski definition) is 5. The maximum atomic E-state index is 14.7. The number of halogens is 2. The number of H-pyrrole nitrogens is 2. The number of benzene rings is 6. The summed E-state index contributed by atoms with van der Waals surface area (Å²) in [7, 11) is -3.17. The maximum Gasteiger partial charge on any atom is 0.796 e. The minimum absolute atomic E-state index is 0.225. The molecule has 0 aliphatic carbocycles. The van der Waals surface area contributed by atoms with Gasteiger partial charge in [0.25, 0.3) is 0 Å². The van der Waals surface area contributed by atoms with Crippen LogP contribution in [0, 0.1) is 0 Å². The average Bonchev–Trinajstić information content (AvgIpc) is 1.53. The minimum atomic E-state index is -3.17. The number of hydrogen-bond donors (Lipinski definition) is 2. The summed E-state index contributed by atoms with van der Waals surface area (Å²) in [6.07, 6.45) is 57.3. The second kappa shape index (κ2) is 39.7. The number of fused-ring (bicyclic) bond motifs is 3. The van der Waals surface area contributed by atoms with E-state index < -0.39 is 13.3 Å². The molecule has 2 heterocycles. The molecule has 504 valence electrons. The SMILES string of the molecule is CCCCCCCCCCCCCCCCOc1cc(-c2ccc(C(=O)/C=C(/OB(F)F)c3[nH]cc4c5ccc6ccc7ccc8ccc(c34)c3c8c7c6c53)[nH]2)cc(OCCCCCCCCCCCCCCCC)c1OCCCCCCCCCCCCCCCC. The molecule has 0 aliphatic heterocycles. The number of ketones is 1. The van der Waals surface area contributed by atoms with Crippen molar-refractivity contribution in [1.29, 1.82) is 0 Å². The van der Waals surface area contributed by atoms with Crippen LogP contribution in [0.25, 0.3) is 81.7 Å². The number of unbranched alkanes of at least 4 members (excludes halogenated alkanes) is 39. The van der Waals surface area contributed by atoms with E-state index in [0.29, 0.717) is 48.5 Å². The van der Waals surface area contributed by atoms with E-state index >= 15 is 0 Å². The molecule has 2 N–H and O–H groups in total. The highest BCUT2D eigenvalue weighted by molar-refractivity contribution is 6.48. The van der Waals surface area contributed by atoms with Crippen LogP contribution in [-0.4, -0.2) is 43.0 Å². The first-order valence-corrected chi connectivity index (χ1v) is 38.0. The van der Waals surface area contributed by atoms with Crippen molar-refractivity contribution < 1.29 is 32.3 Å². The van der Waals surface area contributed by atoms with Crippen LogP contribution >= 0.6 is 0 Å². The van der Waals surface area contributed by atoms with Crippen molar-refractivity contribution in [3.05, 3.63) is 96.5 Å². The van der Waals surface area contributed by atoms with E-state index in [0.717, 1.165) is 76.4 Å². The zero-order valence-electron chi connectivity index (χ0n) is 57.8. The summed E-state index contributed by atoms with van der Waals surface area (Å²) in [6.45, 7) is 8.53. The van der Waals surface area contributed by atoms with E-state index in [4.69, 9.17) is 18.9 Å². The standard InChI is InChI=1S/C83H115BF2N2O5/c1-4-7-10-13-16-19-22-25-28-31-34-37-40-43-56-90-74-59-66(60-75(91-57-44-41-38-35-32-29-26-23-20-17-14-11-8-5-2)83(74)92-58-45-42-39-36-33-30-27-24-21-18-15-12-9-6-3)70-54-55-71(88-70)72(89)61-73(93-84(85)86)82-79-68-53-51-65-49-47-63-46-48-64-50-52-67(69(79)62-87-82)80-77(64)76(63)78(65)81(68)80/h46-55,59-62,87-88H,4-45,56-58H2,1-3H3/b73-61+. The van der Waals surface area contributed by atoms with Crippen molar-refractivity contribution >= 4 is 83.6 Å². The molecule has 7 aromatic carbocycles. The van der Waals surface area contributed by atoms with Gasteiger partial charge in [0.05, 0.1) is 31.2 Å². The largest absolute Gasteiger partial charge is 0.796 e. The Hall–Kier alpha value is -6.03. The van der Waals surface area contributed by atoms with Crippen molar-refractivity contribution in [2.45, 2.75) is 290 Å². The molecule has 0 amide bonds. The van der Waals surface area contributed by atoms with Crippen LogP contribution in [0.2, 0.25) is 0 Å². The van der Waals surface area contributed by atoms with E-state index in [1.165, 1.54) is 270 Å². The van der Waals surface area contributed by atoms with E-state index in [2.05, 4.69) is 79.3 Å². The molecule has 2 aromatic heterocycles. The fourth-order valence-electron chi connectivity index (χ4n) is 14.8. The molecule has 7 nitrogen and oxygen atoms in total. The fraction of sp³-hybridized carbons (Fsp3) is 0.578. The van der Waals surface area contributed by atoms with Gasteiger partial charge in [0.1, 0.15) is 5.76 Å². The molecule has 0 bridgehead atoms. The smallest absolute Gasteiger partial charge is 0.503 e. The van der Waals surface area contributed by atoms with Gasteiger partial charge < -0.3 is 28.8 Å². The van der Waals surface area contributed by atoms with Crippen molar-refractivity contribution in [3.63, 3.8) is 0 Å². The van der Waals surface area contributed by atoms with Gasteiger partial charge in [0, 0.05) is 34.3 Å². The van der Waals surface area contributed by atoms with Crippen LogP contribution in [0.4, 0.5) is 8.63 Å². The molecular weight excluding hydrogens is 1150 g/mol. The molecule has 0 unspecified atom stereocenters. The quantitative estimate of drug-likeness (QED) is 0.00991. The molecule has 0 radical (unpaired) electrons. The Kier molecular flexibility index (Phi) is 30.5. The zero-order chi connectivity index (χ0) is 64.7. The second-order valence-electron chi connectivity index (χ2n) is 27.5. The lowest BCUT2D eigenvalue weighted by Gasteiger charge is -2.19. The molecule has 0 spiro atoms. The minimum Gasteiger partial charge on any atom is -0.503 e. The van der Waals surface area contributed by atoms with E-state index in [1.807, 2.05) is 24.4 Å². The van der Waals surface area contributed by atoms with Crippen molar-refractivity contribution in [1.82, 2.24) is 9.97 Å². The summed E-state index contributed by atoms with van der Waals surface area (Å²) >= 11 is 0. The van der Waals surface area contributed by atoms with Crippen molar-refractivity contribution in [3.8, 4) is 28.5 Å². The third kappa shape index (κ3) is 20.7. The van der Waals surface area contributed by atoms with Crippen LogP contribution in [0.15, 0.2) is 85.1 Å². The summed E-state index contributed by atoms with van der Waals surface area (Å²) in [5.74, 6) is 1.20. The van der Waals surface area contributed by atoms with Gasteiger partial charge in [0.15, 0.2) is 11.5 Å². The lowest BCUT2D eigenvalue weighted by molar-refractivity contribution is 0.104. The number of aromatic amines is 2. The highest BCUT2D eigenvalue weighted by Gasteiger charge is 2.28. The highest BCUT2D eigenvalue weighted by Crippen LogP contribution is 2.52. The number of carbonyl (C=O) groups excluding carboxylic acids is 1. The third-order valence-corrected chi connectivity index (χ3v) is 20.1. The van der Waals surface area contributed by atoms with Crippen LogP contribution in [0.1, 0.15) is 307 Å². The Morgan fingerprint density at radius 2 is 0.753 bits per heavy atom. The predicted molar refractivity (Wildman–Crippen MR) is 394 cm³/mol. The summed E-state index contributed by atoms with van der Waals surface area (Å²) in [5.41, 5.74) is 2.03. The normalized spacial score (nSPS) is 12.2. The first-order valence-electron chi connectivity index (χ1n) is 38.0. The molecule has 9 rings (SSSR count). The Balaban J connectivity index is 0.895. The number of ether oxygens (including phenoxy) is 3. The van der Waals surface area contributed by atoms with Gasteiger partial charge in [-0.1, -0.05) is 320 Å². The average molecular weight is 1270 g/mol. The van der Waals surface area contributed by atoms with Gasteiger partial charge in [0.2, 0.25) is 11.5 Å². The molecule has 9 aromatic rings. The topological polar surface area (TPSA) is 85.6 Å². The van der Waals surface area contributed by atoms with Crippen molar-refractivity contribution in [2.75, 3.05) is 19.8 Å². The maximum absolute atomic E-state index is 14.7. The summed E-state index contributed by atoms with van der Waals surface area (Å²) in [6, 6.07) is 24.8. The number of allylic oxidation sites excluding steroid dienone is 1. The van der Waals surface area contributed by atoms with Crippen LogP contribution in [-0.2, 0) is 4.65 Å². The van der Waals surface area contributed by atoms with Crippen LogP contribution in [0.3, 0.4) is 0 Å². The van der Waals surface area contributed by atoms with E-state index in [1.54, 1.807) is 6.07 Å². The van der Waals surface area contributed by atoms with Gasteiger partial charge in [-0.2, -0.15) is 0 Å². The number of rotatable bonds is 54. The molecule has 0 fully saturated rings. The first-order chi connectivity index (χ1) is 45.9. The first kappa shape index (κ1) is 71.3. The Labute approximate surface area is 558 Å². The zero-order valence-corrected chi connectivity index (χ0v) is 57.8. The number of aromatic nitrogens is 2. The number of carbonyl (C=O) groups is 1. The third-order valence-electron chi connectivity index (χ3n) is 20.1. The monoisotopic (exact) mass is 1270 g/mol. The lowest BCUT2D eigenvalue weighted by Crippen LogP contribution is -2.07. The second-order valence-corrected chi connectivity index (χ2v) is 27.5. The Morgan fingerprint density at radius 3 is 1.16 bits per heavy atom. The summed E-state index contributed by atoms with van der Waals surface area (Å²) in [5, 5.41) is 12.9. The van der Waals surface area contributed by atoms with Gasteiger partial charge in [-0.25, -0.2) is 8.63 Å². The molecule has 0 atom stereocenters. The lowest BCUT2D eigenvalue weighted by atomic mass is 9.94. The van der Waals surface area contributed by atoms with E-state index in [9.17, 15) is 13.4 Å². The van der Waals surface area contributed by atoms with Crippen LogP contribution < -0.4 is 14.2 Å². The Bertz CT molecular complexity index is 3500.